The van der Waals surface area contributed by atoms with Crippen molar-refractivity contribution in [1.29, 1.82) is 0 Å². The lowest BCUT2D eigenvalue weighted by Gasteiger charge is -2.31. The van der Waals surface area contributed by atoms with E-state index in [9.17, 15) is 28.5 Å². The van der Waals surface area contributed by atoms with Crippen LogP contribution < -0.4 is 10.2 Å². The fraction of sp³-hybridized carbons (Fsp3) is 0.333. The number of nitrogens with zero attached hydrogens (tertiary/aromatic N) is 2. The molecule has 1 N–H and O–H groups in total. The molecule has 0 aliphatic carbocycles. The summed E-state index contributed by atoms with van der Waals surface area (Å²) in [6, 6.07) is 6.53. The molecule has 0 saturated carbocycles. The van der Waals surface area contributed by atoms with Crippen LogP contribution in [0.4, 0.5) is 25.8 Å². The second kappa shape index (κ2) is 9.50. The number of carbonyl (C=O) groups is 2. The Balaban J connectivity index is 1.66. The Morgan fingerprint density at radius 3 is 2.58 bits per heavy atom. The average molecular weight is 433 g/mol. The van der Waals surface area contributed by atoms with E-state index in [1.807, 2.05) is 4.90 Å². The Morgan fingerprint density at radius 2 is 1.90 bits per heavy atom. The number of amides is 1. The van der Waals surface area contributed by atoms with Crippen LogP contribution in [0.15, 0.2) is 36.4 Å². The fourth-order valence-corrected chi connectivity index (χ4v) is 3.31. The van der Waals surface area contributed by atoms with Crippen molar-refractivity contribution in [2.24, 2.45) is 5.92 Å². The molecule has 3 rings (SSSR count). The van der Waals surface area contributed by atoms with E-state index in [-0.39, 0.29) is 11.3 Å². The molecule has 164 valence electrons. The predicted octanol–water partition coefficient (Wildman–Crippen LogP) is 3.90. The first-order valence-electron chi connectivity index (χ1n) is 9.70. The Labute approximate surface area is 176 Å². The maximum absolute atomic E-state index is 13.6. The molecular formula is C21H21F2N3O5. The van der Waals surface area contributed by atoms with Gasteiger partial charge in [-0.2, -0.15) is 0 Å². The number of ether oxygens (including phenoxy) is 1. The van der Waals surface area contributed by atoms with Gasteiger partial charge in [-0.1, -0.05) is 6.92 Å². The first-order chi connectivity index (χ1) is 14.7. The molecule has 0 radical (unpaired) electrons. The summed E-state index contributed by atoms with van der Waals surface area (Å²) in [5.74, 6) is -2.87. The maximum Gasteiger partial charge on any atom is 0.338 e. The Bertz CT molecular complexity index is 1010. The van der Waals surface area contributed by atoms with E-state index in [1.165, 1.54) is 12.1 Å². The number of nitro groups is 1. The SMILES string of the molecule is CC1CCN(c2ccc(C(=O)OCC(=O)Nc3cc(F)ccc3F)cc2[N+](=O)[O-])CC1. The van der Waals surface area contributed by atoms with Crippen LogP contribution in [-0.2, 0) is 9.53 Å². The minimum absolute atomic E-state index is 0.0921. The second-order valence-electron chi connectivity index (χ2n) is 7.38. The fourth-order valence-electron chi connectivity index (χ4n) is 3.31. The number of rotatable bonds is 6. The lowest BCUT2D eigenvalue weighted by atomic mass is 9.98. The van der Waals surface area contributed by atoms with Crippen molar-refractivity contribution < 1.29 is 28.0 Å². The monoisotopic (exact) mass is 433 g/mol. The summed E-state index contributed by atoms with van der Waals surface area (Å²) in [5.41, 5.74) is -0.287. The summed E-state index contributed by atoms with van der Waals surface area (Å²) < 4.78 is 31.6. The summed E-state index contributed by atoms with van der Waals surface area (Å²) in [5, 5.41) is 13.6. The highest BCUT2D eigenvalue weighted by molar-refractivity contribution is 5.96. The summed E-state index contributed by atoms with van der Waals surface area (Å²) in [6.07, 6.45) is 1.84. The number of carbonyl (C=O) groups excluding carboxylic acids is 2. The number of nitrogens with one attached hydrogen (secondary N) is 1. The van der Waals surface area contributed by atoms with Crippen molar-refractivity contribution in [1.82, 2.24) is 0 Å². The van der Waals surface area contributed by atoms with Gasteiger partial charge in [0.15, 0.2) is 6.61 Å². The number of piperidine rings is 1. The van der Waals surface area contributed by atoms with E-state index in [0.29, 0.717) is 24.7 Å². The number of nitro benzene ring substituents is 1. The van der Waals surface area contributed by atoms with Crippen molar-refractivity contribution in [3.63, 3.8) is 0 Å². The van der Waals surface area contributed by atoms with Crippen LogP contribution in [0.5, 0.6) is 0 Å². The normalized spacial score (nSPS) is 14.2. The Kier molecular flexibility index (Phi) is 6.78. The molecule has 1 amide bonds. The number of anilines is 2. The van der Waals surface area contributed by atoms with Gasteiger partial charge < -0.3 is 15.0 Å². The van der Waals surface area contributed by atoms with Crippen LogP contribution in [0.2, 0.25) is 0 Å². The van der Waals surface area contributed by atoms with E-state index in [4.69, 9.17) is 4.74 Å². The third-order valence-corrected chi connectivity index (χ3v) is 5.07. The Morgan fingerprint density at radius 1 is 1.19 bits per heavy atom. The van der Waals surface area contributed by atoms with E-state index in [0.717, 1.165) is 37.1 Å². The standard InChI is InChI=1S/C21H21F2N3O5/c1-13-6-8-25(9-7-13)18-5-2-14(10-19(18)26(29)30)21(28)31-12-20(27)24-17-11-15(22)3-4-16(17)23/h2-5,10-11,13H,6-9,12H2,1H3,(H,24,27). The average Bonchev–Trinajstić information content (AvgIpc) is 2.74. The zero-order chi connectivity index (χ0) is 22.5. The van der Waals surface area contributed by atoms with Gasteiger partial charge in [0.1, 0.15) is 17.3 Å². The highest BCUT2D eigenvalue weighted by atomic mass is 19.1. The van der Waals surface area contributed by atoms with Gasteiger partial charge in [-0.15, -0.1) is 0 Å². The molecule has 1 aliphatic heterocycles. The third kappa shape index (κ3) is 5.53. The van der Waals surface area contributed by atoms with Gasteiger partial charge in [0.25, 0.3) is 11.6 Å². The van der Waals surface area contributed by atoms with Crippen LogP contribution in [0.3, 0.4) is 0 Å². The first-order valence-corrected chi connectivity index (χ1v) is 9.70. The quantitative estimate of drug-likeness (QED) is 0.421. The van der Waals surface area contributed by atoms with E-state index in [2.05, 4.69) is 12.2 Å². The molecular weight excluding hydrogens is 412 g/mol. The molecule has 10 heteroatoms. The van der Waals surface area contributed by atoms with Gasteiger partial charge in [-0.3, -0.25) is 14.9 Å². The van der Waals surface area contributed by atoms with Crippen molar-refractivity contribution >= 4 is 28.9 Å². The van der Waals surface area contributed by atoms with Gasteiger partial charge >= 0.3 is 5.97 Å². The maximum atomic E-state index is 13.6. The number of hydrogen-bond donors (Lipinski definition) is 1. The molecule has 31 heavy (non-hydrogen) atoms. The van der Waals surface area contributed by atoms with E-state index < -0.39 is 40.7 Å². The number of halogens is 2. The Hall–Kier alpha value is -3.56. The lowest BCUT2D eigenvalue weighted by molar-refractivity contribution is -0.384. The van der Waals surface area contributed by atoms with Gasteiger partial charge in [-0.05, 0) is 43.0 Å². The number of hydrogen-bond acceptors (Lipinski definition) is 6. The van der Waals surface area contributed by atoms with E-state index in [1.54, 1.807) is 0 Å². The van der Waals surface area contributed by atoms with Crippen LogP contribution >= 0.6 is 0 Å². The summed E-state index contributed by atoms with van der Waals surface area (Å²) in [4.78, 5) is 37.0. The molecule has 0 atom stereocenters. The smallest absolute Gasteiger partial charge is 0.338 e. The lowest BCUT2D eigenvalue weighted by Crippen LogP contribution is -2.33. The van der Waals surface area contributed by atoms with Crippen LogP contribution in [0.25, 0.3) is 0 Å². The molecule has 1 saturated heterocycles. The van der Waals surface area contributed by atoms with Crippen molar-refractivity contribution in [3.05, 3.63) is 63.7 Å². The van der Waals surface area contributed by atoms with Gasteiger partial charge in [0.05, 0.1) is 16.2 Å². The zero-order valence-electron chi connectivity index (χ0n) is 16.8. The van der Waals surface area contributed by atoms with Gasteiger partial charge in [0.2, 0.25) is 0 Å². The van der Waals surface area contributed by atoms with Gasteiger partial charge in [-0.25, -0.2) is 13.6 Å². The second-order valence-corrected chi connectivity index (χ2v) is 7.38. The zero-order valence-corrected chi connectivity index (χ0v) is 16.8. The first kappa shape index (κ1) is 22.1. The molecule has 2 aromatic carbocycles. The van der Waals surface area contributed by atoms with Crippen molar-refractivity contribution in [3.8, 4) is 0 Å². The molecule has 1 fully saturated rings. The topological polar surface area (TPSA) is 102 Å². The molecule has 0 unspecified atom stereocenters. The summed E-state index contributed by atoms with van der Waals surface area (Å²) >= 11 is 0. The number of esters is 1. The molecule has 2 aromatic rings. The predicted molar refractivity (Wildman–Crippen MR) is 109 cm³/mol. The number of benzene rings is 2. The highest BCUT2D eigenvalue weighted by Gasteiger charge is 2.25. The third-order valence-electron chi connectivity index (χ3n) is 5.07. The largest absolute Gasteiger partial charge is 0.452 e. The molecule has 0 spiro atoms. The molecule has 0 aromatic heterocycles. The molecule has 8 nitrogen and oxygen atoms in total. The van der Waals surface area contributed by atoms with E-state index >= 15 is 0 Å². The van der Waals surface area contributed by atoms with Gasteiger partial charge in [0, 0.05) is 25.2 Å². The van der Waals surface area contributed by atoms with Crippen LogP contribution in [0, 0.1) is 27.7 Å². The van der Waals surface area contributed by atoms with Crippen molar-refractivity contribution in [2.75, 3.05) is 29.9 Å². The van der Waals surface area contributed by atoms with Crippen LogP contribution in [0.1, 0.15) is 30.1 Å². The summed E-state index contributed by atoms with van der Waals surface area (Å²) in [6.45, 7) is 2.73. The highest BCUT2D eigenvalue weighted by Crippen LogP contribution is 2.32. The van der Waals surface area contributed by atoms with Crippen LogP contribution in [-0.4, -0.2) is 36.5 Å². The molecule has 0 bridgehead atoms. The van der Waals surface area contributed by atoms with Crippen molar-refractivity contribution in [2.45, 2.75) is 19.8 Å². The minimum Gasteiger partial charge on any atom is -0.452 e. The molecule has 1 heterocycles. The molecule has 1 aliphatic rings. The minimum atomic E-state index is -0.947. The summed E-state index contributed by atoms with van der Waals surface area (Å²) in [7, 11) is 0.